The molecule has 1 aromatic heterocycles. The third-order valence-corrected chi connectivity index (χ3v) is 5.17. The van der Waals surface area contributed by atoms with E-state index in [1.807, 2.05) is 32.0 Å². The topological polar surface area (TPSA) is 92.6 Å². The van der Waals surface area contributed by atoms with Crippen molar-refractivity contribution in [3.8, 4) is 0 Å². The van der Waals surface area contributed by atoms with Crippen LogP contribution in [0.5, 0.6) is 0 Å². The minimum absolute atomic E-state index is 0.121. The third kappa shape index (κ3) is 5.18. The highest BCUT2D eigenvalue weighted by molar-refractivity contribution is 8.01. The number of carboxylic acid groups (broad SMARTS) is 1. The number of aliphatic carboxylic acids is 1. The van der Waals surface area contributed by atoms with Crippen LogP contribution in [-0.4, -0.2) is 38.7 Å². The number of nitrogens with zero attached hydrogens (tertiary/aromatic N) is 3. The van der Waals surface area contributed by atoms with Crippen molar-refractivity contribution in [2.75, 3.05) is 10.7 Å². The van der Waals surface area contributed by atoms with Crippen molar-refractivity contribution in [1.29, 1.82) is 0 Å². The van der Waals surface area contributed by atoms with Gasteiger partial charge in [0.25, 0.3) is 0 Å². The molecule has 7 nitrogen and oxygen atoms in total. The van der Waals surface area contributed by atoms with E-state index in [1.165, 1.54) is 4.90 Å². The van der Waals surface area contributed by atoms with Crippen LogP contribution in [0.4, 0.5) is 15.6 Å². The van der Waals surface area contributed by atoms with Gasteiger partial charge < -0.3 is 9.84 Å². The predicted molar refractivity (Wildman–Crippen MR) is 103 cm³/mol. The number of hydrogen-bond acceptors (Lipinski definition) is 7. The van der Waals surface area contributed by atoms with Crippen LogP contribution in [0.3, 0.4) is 0 Å². The van der Waals surface area contributed by atoms with E-state index in [0.29, 0.717) is 15.2 Å². The molecular formula is C17H21N3O4S2. The van der Waals surface area contributed by atoms with Gasteiger partial charge in [-0.05, 0) is 45.7 Å². The second-order valence-electron chi connectivity index (χ2n) is 6.59. The molecule has 0 bridgehead atoms. The lowest BCUT2D eigenvalue weighted by Gasteiger charge is -2.27. The fraction of sp³-hybridized carbons (Fsp3) is 0.412. The molecule has 26 heavy (non-hydrogen) atoms. The van der Waals surface area contributed by atoms with Gasteiger partial charge in [0.15, 0.2) is 4.34 Å². The Kier molecular flexibility index (Phi) is 6.25. The van der Waals surface area contributed by atoms with Crippen molar-refractivity contribution in [3.05, 3.63) is 29.3 Å². The van der Waals surface area contributed by atoms with E-state index in [0.717, 1.165) is 34.2 Å². The number of thioether (sulfide) groups is 1. The Bertz CT molecular complexity index is 794. The Morgan fingerprint density at radius 1 is 1.23 bits per heavy atom. The zero-order valence-electron chi connectivity index (χ0n) is 15.3. The van der Waals surface area contributed by atoms with Crippen LogP contribution in [0.15, 0.2) is 22.5 Å². The number of aromatic nitrogens is 2. The van der Waals surface area contributed by atoms with Crippen molar-refractivity contribution >= 4 is 46.0 Å². The molecule has 0 aliphatic carbocycles. The van der Waals surface area contributed by atoms with Crippen molar-refractivity contribution in [3.63, 3.8) is 0 Å². The van der Waals surface area contributed by atoms with Crippen molar-refractivity contribution < 1.29 is 19.4 Å². The number of carbonyl (C=O) groups excluding carboxylic acids is 1. The number of anilines is 2. The standard InChI is InChI=1S/C17H21N3O4S2/c1-10-7-6-8-11(2)13(10)20(16(23)24-17(3,4)5)14-18-19-15(26-14)25-9-12(21)22/h6-8H,9H2,1-5H3,(H,21,22). The highest BCUT2D eigenvalue weighted by Gasteiger charge is 2.29. The zero-order valence-corrected chi connectivity index (χ0v) is 16.9. The van der Waals surface area contributed by atoms with Gasteiger partial charge in [-0.3, -0.25) is 4.79 Å². The smallest absolute Gasteiger partial charge is 0.421 e. The molecule has 0 saturated carbocycles. The molecule has 9 heteroatoms. The van der Waals surface area contributed by atoms with Crippen LogP contribution in [0.1, 0.15) is 31.9 Å². The van der Waals surface area contributed by atoms with Crippen molar-refractivity contribution in [2.24, 2.45) is 0 Å². The normalized spacial score (nSPS) is 11.3. The van der Waals surface area contributed by atoms with E-state index in [9.17, 15) is 9.59 Å². The Morgan fingerprint density at radius 3 is 2.38 bits per heavy atom. The SMILES string of the molecule is Cc1cccc(C)c1N(C(=O)OC(C)(C)C)c1nnc(SCC(=O)O)s1. The Hall–Kier alpha value is -2.13. The highest BCUT2D eigenvalue weighted by Crippen LogP contribution is 2.36. The molecule has 1 heterocycles. The monoisotopic (exact) mass is 395 g/mol. The largest absolute Gasteiger partial charge is 0.481 e. The van der Waals surface area contributed by atoms with Gasteiger partial charge in [-0.25, -0.2) is 9.69 Å². The molecule has 0 spiro atoms. The van der Waals surface area contributed by atoms with Gasteiger partial charge in [-0.15, -0.1) is 10.2 Å². The van der Waals surface area contributed by atoms with Crippen LogP contribution in [0.25, 0.3) is 0 Å². The highest BCUT2D eigenvalue weighted by atomic mass is 32.2. The van der Waals surface area contributed by atoms with Gasteiger partial charge in [0.05, 0.1) is 11.4 Å². The Labute approximate surface area is 160 Å². The van der Waals surface area contributed by atoms with Crippen LogP contribution < -0.4 is 4.90 Å². The lowest BCUT2D eigenvalue weighted by atomic mass is 10.1. The summed E-state index contributed by atoms with van der Waals surface area (Å²) in [7, 11) is 0. The summed E-state index contributed by atoms with van der Waals surface area (Å²) in [6.07, 6.45) is -0.555. The molecule has 140 valence electrons. The maximum atomic E-state index is 12.9. The van der Waals surface area contributed by atoms with Gasteiger partial charge in [0.2, 0.25) is 5.13 Å². The van der Waals surface area contributed by atoms with Crippen LogP contribution in [0, 0.1) is 13.8 Å². The first-order valence-corrected chi connectivity index (χ1v) is 9.66. The molecule has 1 N–H and O–H groups in total. The summed E-state index contributed by atoms with van der Waals surface area (Å²) >= 11 is 2.21. The van der Waals surface area contributed by atoms with Gasteiger partial charge in [0, 0.05) is 0 Å². The number of amides is 1. The van der Waals surface area contributed by atoms with E-state index in [1.54, 1.807) is 20.8 Å². The molecule has 0 fully saturated rings. The van der Waals surface area contributed by atoms with E-state index in [-0.39, 0.29) is 5.75 Å². The molecule has 0 saturated heterocycles. The number of benzene rings is 1. The molecular weight excluding hydrogens is 374 g/mol. The number of aryl methyl sites for hydroxylation is 2. The minimum atomic E-state index is -0.939. The molecule has 1 aromatic carbocycles. The van der Waals surface area contributed by atoms with Gasteiger partial charge in [-0.1, -0.05) is 41.3 Å². The number of carboxylic acids is 1. The van der Waals surface area contributed by atoms with Gasteiger partial charge in [-0.2, -0.15) is 0 Å². The summed E-state index contributed by atoms with van der Waals surface area (Å²) in [5.74, 6) is -1.06. The summed E-state index contributed by atoms with van der Waals surface area (Å²) in [6.45, 7) is 9.19. The molecule has 0 radical (unpaired) electrons. The van der Waals surface area contributed by atoms with E-state index in [2.05, 4.69) is 10.2 Å². The van der Waals surface area contributed by atoms with Crippen LogP contribution in [0.2, 0.25) is 0 Å². The molecule has 0 aliphatic rings. The quantitative estimate of drug-likeness (QED) is 0.592. The predicted octanol–water partition coefficient (Wildman–Crippen LogP) is 4.40. The summed E-state index contributed by atoms with van der Waals surface area (Å²) < 4.78 is 6.03. The van der Waals surface area contributed by atoms with Crippen molar-refractivity contribution in [2.45, 2.75) is 44.6 Å². The van der Waals surface area contributed by atoms with Gasteiger partial charge in [0.1, 0.15) is 5.60 Å². The maximum absolute atomic E-state index is 12.9. The molecule has 2 aromatic rings. The van der Waals surface area contributed by atoms with E-state index in [4.69, 9.17) is 9.84 Å². The third-order valence-electron chi connectivity index (χ3n) is 3.15. The summed E-state index contributed by atoms with van der Waals surface area (Å²) in [6, 6.07) is 5.72. The average Bonchev–Trinajstić information content (AvgIpc) is 2.95. The fourth-order valence-electron chi connectivity index (χ4n) is 2.21. The molecule has 2 rings (SSSR count). The minimum Gasteiger partial charge on any atom is -0.481 e. The summed E-state index contributed by atoms with van der Waals surface area (Å²) in [5.41, 5.74) is 1.81. The Balaban J connectivity index is 2.44. The second-order valence-corrected chi connectivity index (χ2v) is 8.77. The summed E-state index contributed by atoms with van der Waals surface area (Å²) in [5, 5.41) is 17.2. The van der Waals surface area contributed by atoms with E-state index >= 15 is 0 Å². The number of ether oxygens (including phenoxy) is 1. The van der Waals surface area contributed by atoms with E-state index < -0.39 is 17.7 Å². The number of hydrogen-bond donors (Lipinski definition) is 1. The number of rotatable bonds is 5. The number of carbonyl (C=O) groups is 2. The zero-order chi connectivity index (χ0) is 19.5. The maximum Gasteiger partial charge on any atom is 0.421 e. The molecule has 1 amide bonds. The molecule has 0 atom stereocenters. The average molecular weight is 396 g/mol. The summed E-state index contributed by atoms with van der Waals surface area (Å²) in [4.78, 5) is 25.0. The van der Waals surface area contributed by atoms with Crippen LogP contribution in [-0.2, 0) is 9.53 Å². The first-order valence-electron chi connectivity index (χ1n) is 7.86. The lowest BCUT2D eigenvalue weighted by molar-refractivity contribution is -0.133. The fourth-order valence-corrected chi connectivity index (χ4v) is 3.76. The first kappa shape index (κ1) is 20.2. The lowest BCUT2D eigenvalue weighted by Crippen LogP contribution is -2.34. The van der Waals surface area contributed by atoms with Gasteiger partial charge >= 0.3 is 12.1 Å². The first-order chi connectivity index (χ1) is 12.1. The molecule has 0 unspecified atom stereocenters. The number of para-hydroxylation sites is 1. The molecule has 0 aliphatic heterocycles. The van der Waals surface area contributed by atoms with Crippen LogP contribution >= 0.6 is 23.1 Å². The second kappa shape index (κ2) is 8.05. The Morgan fingerprint density at radius 2 is 1.85 bits per heavy atom. The van der Waals surface area contributed by atoms with Crippen molar-refractivity contribution in [1.82, 2.24) is 10.2 Å².